The van der Waals surface area contributed by atoms with Crippen molar-refractivity contribution in [1.82, 2.24) is 14.7 Å². The van der Waals surface area contributed by atoms with E-state index < -0.39 is 0 Å². The maximum atomic E-state index is 12.4. The maximum absolute atomic E-state index is 12.4. The van der Waals surface area contributed by atoms with Crippen molar-refractivity contribution in [2.24, 2.45) is 0 Å². The van der Waals surface area contributed by atoms with Crippen LogP contribution in [0.2, 0.25) is 5.02 Å². The molecule has 4 nitrogen and oxygen atoms in total. The van der Waals surface area contributed by atoms with E-state index in [1.165, 1.54) is 11.3 Å². The van der Waals surface area contributed by atoms with E-state index in [1.54, 1.807) is 22.8 Å². The maximum Gasteiger partial charge on any atom is 0.264 e. The van der Waals surface area contributed by atoms with E-state index in [-0.39, 0.29) is 5.91 Å². The highest BCUT2D eigenvalue weighted by Gasteiger charge is 2.19. The van der Waals surface area contributed by atoms with Crippen molar-refractivity contribution >= 4 is 60.7 Å². The van der Waals surface area contributed by atoms with Crippen molar-refractivity contribution in [3.63, 3.8) is 0 Å². The summed E-state index contributed by atoms with van der Waals surface area (Å²) >= 11 is 14.3. The zero-order valence-corrected chi connectivity index (χ0v) is 15.6. The van der Waals surface area contributed by atoms with Crippen molar-refractivity contribution in [1.29, 1.82) is 0 Å². The molecule has 0 unspecified atom stereocenters. The van der Waals surface area contributed by atoms with Crippen LogP contribution >= 0.6 is 54.8 Å². The minimum Gasteiger partial charge on any atom is -0.335 e. The summed E-state index contributed by atoms with van der Waals surface area (Å²) in [5, 5.41) is 4.76. The number of rotatable bonds is 4. The summed E-state index contributed by atoms with van der Waals surface area (Å²) in [5.41, 5.74) is 0.847. The number of nitrogens with zero attached hydrogens (tertiary/aromatic N) is 3. The van der Waals surface area contributed by atoms with Gasteiger partial charge in [-0.3, -0.25) is 9.48 Å². The molecule has 0 spiro atoms. The Morgan fingerprint density at radius 3 is 2.80 bits per heavy atom. The van der Waals surface area contributed by atoms with Crippen LogP contribution in [0.3, 0.4) is 0 Å². The van der Waals surface area contributed by atoms with Crippen LogP contribution in [0.5, 0.6) is 0 Å². The second-order valence-corrected chi connectivity index (χ2v) is 7.78. The Bertz CT molecular complexity index is 621. The summed E-state index contributed by atoms with van der Waals surface area (Å²) < 4.78 is 3.59. The quantitative estimate of drug-likeness (QED) is 0.705. The Hall–Kier alpha value is -0.370. The SMILES string of the molecule is CCn1ncc(Cl)c1CN(C)C(=O)c1cc(Br)c(Br)s1. The van der Waals surface area contributed by atoms with Crippen LogP contribution < -0.4 is 0 Å². The van der Waals surface area contributed by atoms with E-state index >= 15 is 0 Å². The van der Waals surface area contributed by atoms with Gasteiger partial charge in [0.25, 0.3) is 5.91 Å². The predicted octanol–water partition coefficient (Wildman–Crippen LogP) is 4.42. The van der Waals surface area contributed by atoms with E-state index in [0.29, 0.717) is 16.4 Å². The standard InChI is InChI=1S/C12H12Br2ClN3OS/c1-3-18-9(8(15)5-16-18)6-17(2)12(19)10-4-7(13)11(14)20-10/h4-5H,3,6H2,1-2H3. The first kappa shape index (κ1) is 16.0. The molecule has 108 valence electrons. The molecule has 0 aliphatic carbocycles. The van der Waals surface area contributed by atoms with E-state index in [9.17, 15) is 4.79 Å². The van der Waals surface area contributed by atoms with Crippen molar-refractivity contribution in [2.75, 3.05) is 7.05 Å². The fraction of sp³-hybridized carbons (Fsp3) is 0.333. The summed E-state index contributed by atoms with van der Waals surface area (Å²) in [6, 6.07) is 1.81. The predicted molar refractivity (Wildman–Crippen MR) is 88.4 cm³/mol. The van der Waals surface area contributed by atoms with Crippen LogP contribution in [0.1, 0.15) is 22.3 Å². The van der Waals surface area contributed by atoms with Crippen molar-refractivity contribution in [2.45, 2.75) is 20.0 Å². The molecule has 20 heavy (non-hydrogen) atoms. The molecule has 0 radical (unpaired) electrons. The van der Waals surface area contributed by atoms with Gasteiger partial charge >= 0.3 is 0 Å². The molecule has 2 aromatic rings. The summed E-state index contributed by atoms with van der Waals surface area (Å²) in [4.78, 5) is 14.7. The smallest absolute Gasteiger partial charge is 0.264 e. The molecule has 0 aromatic carbocycles. The van der Waals surface area contributed by atoms with Gasteiger partial charge in [0, 0.05) is 18.1 Å². The van der Waals surface area contributed by atoms with Gasteiger partial charge in [-0.25, -0.2) is 0 Å². The molecular weight excluding hydrogens is 429 g/mol. The number of carbonyl (C=O) groups excluding carboxylic acids is 1. The Labute approximate surface area is 143 Å². The van der Waals surface area contributed by atoms with Gasteiger partial charge in [0.15, 0.2) is 0 Å². The molecule has 0 bridgehead atoms. The van der Waals surface area contributed by atoms with Gasteiger partial charge in [0.1, 0.15) is 0 Å². The fourth-order valence-electron chi connectivity index (χ4n) is 1.75. The molecule has 0 saturated carbocycles. The van der Waals surface area contributed by atoms with Gasteiger partial charge in [0.2, 0.25) is 0 Å². The third-order valence-electron chi connectivity index (χ3n) is 2.79. The lowest BCUT2D eigenvalue weighted by Crippen LogP contribution is -2.27. The topological polar surface area (TPSA) is 38.1 Å². The van der Waals surface area contributed by atoms with Gasteiger partial charge in [-0.05, 0) is 44.8 Å². The van der Waals surface area contributed by atoms with Gasteiger partial charge in [-0.2, -0.15) is 5.10 Å². The number of hydrogen-bond donors (Lipinski definition) is 0. The third kappa shape index (κ3) is 3.27. The lowest BCUT2D eigenvalue weighted by Gasteiger charge is -2.17. The Kier molecular flexibility index (Phi) is 5.28. The zero-order chi connectivity index (χ0) is 14.9. The molecule has 1 amide bonds. The van der Waals surface area contributed by atoms with E-state index in [4.69, 9.17) is 11.6 Å². The molecule has 0 fully saturated rings. The number of hydrogen-bond acceptors (Lipinski definition) is 3. The van der Waals surface area contributed by atoms with Crippen LogP contribution in [0, 0.1) is 0 Å². The fourth-order valence-corrected chi connectivity index (χ4v) is 3.99. The van der Waals surface area contributed by atoms with Gasteiger partial charge in [-0.15, -0.1) is 11.3 Å². The zero-order valence-electron chi connectivity index (χ0n) is 10.9. The Morgan fingerprint density at radius 1 is 1.55 bits per heavy atom. The average Bonchev–Trinajstić information content (AvgIpc) is 2.93. The number of aromatic nitrogens is 2. The molecule has 0 atom stereocenters. The van der Waals surface area contributed by atoms with Crippen LogP contribution in [0.25, 0.3) is 0 Å². The van der Waals surface area contributed by atoms with Gasteiger partial charge < -0.3 is 4.90 Å². The number of aryl methyl sites for hydroxylation is 1. The summed E-state index contributed by atoms with van der Waals surface area (Å²) in [6.45, 7) is 3.14. The molecule has 0 N–H and O–H groups in total. The number of amides is 1. The monoisotopic (exact) mass is 439 g/mol. The summed E-state index contributed by atoms with van der Waals surface area (Å²) in [7, 11) is 1.76. The van der Waals surface area contributed by atoms with Gasteiger partial charge in [0.05, 0.1) is 32.1 Å². The highest BCUT2D eigenvalue weighted by Crippen LogP contribution is 2.33. The molecule has 8 heteroatoms. The van der Waals surface area contributed by atoms with Crippen LogP contribution in [0.15, 0.2) is 20.5 Å². The summed E-state index contributed by atoms with van der Waals surface area (Å²) in [6.07, 6.45) is 1.61. The highest BCUT2D eigenvalue weighted by molar-refractivity contribution is 9.13. The molecular formula is C12H12Br2ClN3OS. The second kappa shape index (κ2) is 6.60. The Morgan fingerprint density at radius 2 is 2.25 bits per heavy atom. The highest BCUT2D eigenvalue weighted by atomic mass is 79.9. The average molecular weight is 442 g/mol. The van der Waals surface area contributed by atoms with Crippen molar-refractivity contribution in [3.05, 3.63) is 36.1 Å². The first-order valence-electron chi connectivity index (χ1n) is 5.84. The molecule has 0 aliphatic rings. The van der Waals surface area contributed by atoms with Crippen molar-refractivity contribution < 1.29 is 4.79 Å². The lowest BCUT2D eigenvalue weighted by atomic mass is 10.3. The van der Waals surface area contributed by atoms with Gasteiger partial charge in [-0.1, -0.05) is 11.6 Å². The van der Waals surface area contributed by atoms with Crippen LogP contribution in [-0.4, -0.2) is 27.6 Å². The molecule has 0 saturated heterocycles. The number of halogens is 3. The normalized spacial score (nSPS) is 10.8. The van der Waals surface area contributed by atoms with E-state index in [2.05, 4.69) is 37.0 Å². The number of carbonyl (C=O) groups is 1. The third-order valence-corrected chi connectivity index (χ3v) is 6.35. The summed E-state index contributed by atoms with van der Waals surface area (Å²) in [5.74, 6) is -0.0404. The minimum absolute atomic E-state index is 0.0404. The first-order valence-corrected chi connectivity index (χ1v) is 8.62. The second-order valence-electron chi connectivity index (χ2n) is 4.15. The van der Waals surface area contributed by atoms with Crippen LogP contribution in [0.4, 0.5) is 0 Å². The van der Waals surface area contributed by atoms with E-state index in [0.717, 1.165) is 20.5 Å². The molecule has 2 heterocycles. The minimum atomic E-state index is -0.0404. The molecule has 2 aromatic heterocycles. The molecule has 0 aliphatic heterocycles. The van der Waals surface area contributed by atoms with Crippen LogP contribution in [-0.2, 0) is 13.1 Å². The van der Waals surface area contributed by atoms with Crippen molar-refractivity contribution in [3.8, 4) is 0 Å². The number of thiophene rings is 1. The molecule has 2 rings (SSSR count). The van der Waals surface area contributed by atoms with E-state index in [1.807, 2.05) is 13.0 Å². The Balaban J connectivity index is 2.17. The lowest BCUT2D eigenvalue weighted by molar-refractivity contribution is 0.0786. The first-order chi connectivity index (χ1) is 9.43. The largest absolute Gasteiger partial charge is 0.335 e.